The average molecular weight is 383 g/mol. The molecule has 6 heteroatoms. The maximum absolute atomic E-state index is 11.5. The minimum atomic E-state index is -0.208. The highest BCUT2D eigenvalue weighted by Gasteiger charge is 2.22. The molecule has 1 unspecified atom stereocenters. The highest BCUT2D eigenvalue weighted by Crippen LogP contribution is 2.36. The van der Waals surface area contributed by atoms with E-state index in [0.717, 1.165) is 35.2 Å². The van der Waals surface area contributed by atoms with Crippen molar-refractivity contribution in [1.29, 1.82) is 0 Å². The van der Waals surface area contributed by atoms with E-state index in [4.69, 9.17) is 5.73 Å². The molecule has 3 heterocycles. The zero-order valence-corrected chi connectivity index (χ0v) is 15.9. The first-order valence-electron chi connectivity index (χ1n) is 9.76. The first-order chi connectivity index (χ1) is 14.2. The van der Waals surface area contributed by atoms with Crippen LogP contribution in [-0.2, 0) is 4.79 Å². The van der Waals surface area contributed by atoms with Crippen molar-refractivity contribution in [3.05, 3.63) is 78.9 Å². The monoisotopic (exact) mass is 383 g/mol. The van der Waals surface area contributed by atoms with E-state index < -0.39 is 0 Å². The summed E-state index contributed by atoms with van der Waals surface area (Å²) in [6.07, 6.45) is 12.1. The number of amides is 1. The maximum atomic E-state index is 11.5. The molecular formula is C23H21N5O. The van der Waals surface area contributed by atoms with E-state index in [2.05, 4.69) is 46.6 Å². The molecular weight excluding hydrogens is 362 g/mol. The van der Waals surface area contributed by atoms with E-state index in [0.29, 0.717) is 6.42 Å². The van der Waals surface area contributed by atoms with Gasteiger partial charge in [-0.15, -0.1) is 0 Å². The first-order valence-corrected chi connectivity index (χ1v) is 9.76. The third-order valence-corrected chi connectivity index (χ3v) is 5.65. The number of allylic oxidation sites excluding steroid dienone is 2. The number of rotatable bonds is 4. The Kier molecular flexibility index (Phi) is 4.24. The Morgan fingerprint density at radius 3 is 2.59 bits per heavy atom. The largest absolute Gasteiger partial charge is 0.369 e. The predicted molar refractivity (Wildman–Crippen MR) is 112 cm³/mol. The molecule has 0 fully saturated rings. The molecule has 0 radical (unpaired) electrons. The van der Waals surface area contributed by atoms with Gasteiger partial charge in [0.25, 0.3) is 0 Å². The Morgan fingerprint density at radius 2 is 1.90 bits per heavy atom. The molecule has 0 spiro atoms. The van der Waals surface area contributed by atoms with Crippen LogP contribution in [0.25, 0.3) is 27.9 Å². The van der Waals surface area contributed by atoms with Crippen molar-refractivity contribution in [2.24, 2.45) is 11.7 Å². The molecule has 1 aromatic carbocycles. The summed E-state index contributed by atoms with van der Waals surface area (Å²) >= 11 is 0. The van der Waals surface area contributed by atoms with Crippen LogP contribution in [0.3, 0.4) is 0 Å². The van der Waals surface area contributed by atoms with Gasteiger partial charge in [-0.05, 0) is 54.7 Å². The standard InChI is InChI=1S/C23H21N5O/c24-23(29)18-6-4-16(5-7-18)20-3-1-13-28-22(20)21(15-26-28)17-8-10-19(11-9-17)27-14-2-12-25-27/h1-4,8-15,18H,5-7H2,(H2,24,29). The van der Waals surface area contributed by atoms with Gasteiger partial charge in [-0.1, -0.05) is 24.3 Å². The molecule has 3 aromatic heterocycles. The number of benzene rings is 1. The van der Waals surface area contributed by atoms with E-state index in [1.807, 2.05) is 39.9 Å². The zero-order valence-electron chi connectivity index (χ0n) is 15.9. The third kappa shape index (κ3) is 3.12. The number of fused-ring (bicyclic) bond motifs is 1. The van der Waals surface area contributed by atoms with Crippen molar-refractivity contribution in [1.82, 2.24) is 19.4 Å². The number of hydrogen-bond donors (Lipinski definition) is 1. The number of hydrogen-bond acceptors (Lipinski definition) is 3. The average Bonchev–Trinajstić information content (AvgIpc) is 3.44. The summed E-state index contributed by atoms with van der Waals surface area (Å²) in [4.78, 5) is 11.5. The molecule has 1 atom stereocenters. The minimum Gasteiger partial charge on any atom is -0.369 e. The number of primary amides is 1. The topological polar surface area (TPSA) is 78.2 Å². The molecule has 5 rings (SSSR count). The van der Waals surface area contributed by atoms with Gasteiger partial charge in [0.15, 0.2) is 0 Å². The van der Waals surface area contributed by atoms with Crippen LogP contribution in [0.15, 0.2) is 73.3 Å². The number of pyridine rings is 1. The summed E-state index contributed by atoms with van der Waals surface area (Å²) < 4.78 is 3.76. The molecule has 0 saturated heterocycles. The van der Waals surface area contributed by atoms with Crippen LogP contribution in [0.1, 0.15) is 24.8 Å². The Bertz CT molecular complexity index is 1200. The second-order valence-corrected chi connectivity index (χ2v) is 7.37. The lowest BCUT2D eigenvalue weighted by Crippen LogP contribution is -2.24. The van der Waals surface area contributed by atoms with Gasteiger partial charge in [-0.2, -0.15) is 10.2 Å². The fourth-order valence-electron chi connectivity index (χ4n) is 4.07. The Morgan fingerprint density at radius 1 is 1.03 bits per heavy atom. The minimum absolute atomic E-state index is 0.0577. The third-order valence-electron chi connectivity index (χ3n) is 5.65. The quantitative estimate of drug-likeness (QED) is 0.581. The number of nitrogens with zero attached hydrogens (tertiary/aromatic N) is 4. The molecule has 2 N–H and O–H groups in total. The fourth-order valence-corrected chi connectivity index (χ4v) is 4.07. The molecule has 6 nitrogen and oxygen atoms in total. The summed E-state index contributed by atoms with van der Waals surface area (Å²) in [5.41, 5.74) is 12.2. The van der Waals surface area contributed by atoms with Gasteiger partial charge in [-0.25, -0.2) is 9.20 Å². The van der Waals surface area contributed by atoms with Gasteiger partial charge in [0.1, 0.15) is 0 Å². The SMILES string of the molecule is NC(=O)C1CC=C(c2cccn3ncc(-c4ccc(-n5cccn5)cc4)c23)CC1. The van der Waals surface area contributed by atoms with Crippen LogP contribution in [-0.4, -0.2) is 25.3 Å². The van der Waals surface area contributed by atoms with Crippen molar-refractivity contribution in [3.8, 4) is 16.8 Å². The molecule has 1 aliphatic rings. The van der Waals surface area contributed by atoms with Crippen LogP contribution in [0.2, 0.25) is 0 Å². The van der Waals surface area contributed by atoms with Crippen molar-refractivity contribution in [2.45, 2.75) is 19.3 Å². The number of carbonyl (C=O) groups excluding carboxylic acids is 1. The molecule has 0 saturated carbocycles. The van der Waals surface area contributed by atoms with Gasteiger partial charge in [0, 0.05) is 35.6 Å². The van der Waals surface area contributed by atoms with Crippen molar-refractivity contribution in [2.75, 3.05) is 0 Å². The van der Waals surface area contributed by atoms with Gasteiger partial charge < -0.3 is 5.73 Å². The summed E-state index contributed by atoms with van der Waals surface area (Å²) in [5.74, 6) is -0.265. The number of aromatic nitrogens is 4. The van der Waals surface area contributed by atoms with Gasteiger partial charge in [0.2, 0.25) is 5.91 Å². The Labute approximate surface area is 168 Å². The molecule has 0 aliphatic heterocycles. The maximum Gasteiger partial charge on any atom is 0.220 e. The van der Waals surface area contributed by atoms with Crippen molar-refractivity contribution in [3.63, 3.8) is 0 Å². The van der Waals surface area contributed by atoms with E-state index in [1.165, 1.54) is 11.1 Å². The highest BCUT2D eigenvalue weighted by molar-refractivity contribution is 5.91. The van der Waals surface area contributed by atoms with Gasteiger partial charge in [-0.3, -0.25) is 4.79 Å². The molecule has 0 bridgehead atoms. The summed E-state index contributed by atoms with van der Waals surface area (Å²) in [7, 11) is 0. The first kappa shape index (κ1) is 17.4. The van der Waals surface area contributed by atoms with Crippen LogP contribution in [0.5, 0.6) is 0 Å². The molecule has 1 aliphatic carbocycles. The lowest BCUT2D eigenvalue weighted by atomic mass is 9.85. The highest BCUT2D eigenvalue weighted by atomic mass is 16.1. The summed E-state index contributed by atoms with van der Waals surface area (Å²) in [6.45, 7) is 0. The fraction of sp³-hybridized carbons (Fsp3) is 0.174. The van der Waals surface area contributed by atoms with E-state index in [9.17, 15) is 4.79 Å². The molecule has 144 valence electrons. The second-order valence-electron chi connectivity index (χ2n) is 7.37. The van der Waals surface area contributed by atoms with Crippen LogP contribution in [0.4, 0.5) is 0 Å². The van der Waals surface area contributed by atoms with E-state index >= 15 is 0 Å². The zero-order chi connectivity index (χ0) is 19.8. The summed E-state index contributed by atoms with van der Waals surface area (Å²) in [6, 6.07) is 14.4. The Hall–Kier alpha value is -3.67. The Balaban J connectivity index is 1.55. The lowest BCUT2D eigenvalue weighted by molar-refractivity contribution is -0.121. The molecule has 29 heavy (non-hydrogen) atoms. The van der Waals surface area contributed by atoms with Crippen molar-refractivity contribution < 1.29 is 4.79 Å². The number of nitrogens with two attached hydrogens (primary N) is 1. The summed E-state index contributed by atoms with van der Waals surface area (Å²) in [5, 5.41) is 8.85. The second kappa shape index (κ2) is 7.05. The van der Waals surface area contributed by atoms with E-state index in [-0.39, 0.29) is 11.8 Å². The lowest BCUT2D eigenvalue weighted by Gasteiger charge is -2.20. The molecule has 1 amide bonds. The van der Waals surface area contributed by atoms with Crippen LogP contribution >= 0.6 is 0 Å². The van der Waals surface area contributed by atoms with Gasteiger partial charge >= 0.3 is 0 Å². The van der Waals surface area contributed by atoms with Crippen molar-refractivity contribution >= 4 is 17.0 Å². The smallest absolute Gasteiger partial charge is 0.220 e. The predicted octanol–water partition coefficient (Wildman–Crippen LogP) is 3.86. The van der Waals surface area contributed by atoms with Crippen LogP contribution in [0, 0.1) is 5.92 Å². The van der Waals surface area contributed by atoms with Gasteiger partial charge in [0.05, 0.1) is 17.4 Å². The van der Waals surface area contributed by atoms with Crippen LogP contribution < -0.4 is 5.73 Å². The van der Waals surface area contributed by atoms with E-state index in [1.54, 1.807) is 6.20 Å². The normalized spacial score (nSPS) is 16.7. The molecule has 4 aromatic rings. The number of carbonyl (C=O) groups is 1.